The van der Waals surface area contributed by atoms with Crippen molar-refractivity contribution >= 4 is 33.0 Å². The maximum atomic E-state index is 10.8. The van der Waals surface area contributed by atoms with E-state index in [2.05, 4.69) is 4.72 Å². The standard InChI is InChI=1S/C7H9ClN2O2S/c1-13(11,12)10-7-3-2-5(9)4-6(7)8/h2-4,10H,9H2,1H3. The molecule has 6 heteroatoms. The summed E-state index contributed by atoms with van der Waals surface area (Å²) in [6.45, 7) is 0. The number of nitrogen functional groups attached to an aromatic ring is 1. The monoisotopic (exact) mass is 220 g/mol. The van der Waals surface area contributed by atoms with E-state index >= 15 is 0 Å². The van der Waals surface area contributed by atoms with Crippen LogP contribution < -0.4 is 10.5 Å². The smallest absolute Gasteiger partial charge is 0.229 e. The molecule has 1 aromatic carbocycles. The molecule has 0 aliphatic carbocycles. The summed E-state index contributed by atoms with van der Waals surface area (Å²) >= 11 is 5.73. The largest absolute Gasteiger partial charge is 0.399 e. The lowest BCUT2D eigenvalue weighted by atomic mass is 10.3. The predicted molar refractivity (Wildman–Crippen MR) is 54.3 cm³/mol. The fourth-order valence-electron chi connectivity index (χ4n) is 0.814. The molecule has 0 spiro atoms. The van der Waals surface area contributed by atoms with Crippen molar-refractivity contribution in [2.75, 3.05) is 16.7 Å². The van der Waals surface area contributed by atoms with Gasteiger partial charge in [-0.15, -0.1) is 0 Å². The Kier molecular flexibility index (Phi) is 2.68. The fourth-order valence-corrected chi connectivity index (χ4v) is 1.68. The molecule has 0 amide bonds. The lowest BCUT2D eigenvalue weighted by Crippen LogP contribution is -2.09. The van der Waals surface area contributed by atoms with E-state index in [-0.39, 0.29) is 5.02 Å². The highest BCUT2D eigenvalue weighted by molar-refractivity contribution is 7.92. The number of halogens is 1. The molecule has 0 bridgehead atoms. The summed E-state index contributed by atoms with van der Waals surface area (Å²) in [6.07, 6.45) is 1.06. The lowest BCUT2D eigenvalue weighted by molar-refractivity contribution is 0.607. The minimum atomic E-state index is -3.29. The van der Waals surface area contributed by atoms with Crippen LogP contribution in [0.5, 0.6) is 0 Å². The van der Waals surface area contributed by atoms with Crippen molar-refractivity contribution in [3.63, 3.8) is 0 Å². The zero-order valence-electron chi connectivity index (χ0n) is 6.91. The van der Waals surface area contributed by atoms with Gasteiger partial charge in [-0.25, -0.2) is 8.42 Å². The summed E-state index contributed by atoms with van der Waals surface area (Å²) in [5.41, 5.74) is 6.25. The molecule has 0 heterocycles. The Morgan fingerprint density at radius 1 is 1.46 bits per heavy atom. The molecule has 0 fully saturated rings. The van der Waals surface area contributed by atoms with Gasteiger partial charge in [-0.1, -0.05) is 11.6 Å². The molecule has 13 heavy (non-hydrogen) atoms. The van der Waals surface area contributed by atoms with E-state index in [1.807, 2.05) is 0 Å². The number of nitrogens with two attached hydrogens (primary N) is 1. The third-order valence-electron chi connectivity index (χ3n) is 1.29. The summed E-state index contributed by atoms with van der Waals surface area (Å²) in [6, 6.07) is 4.56. The number of benzene rings is 1. The highest BCUT2D eigenvalue weighted by Gasteiger charge is 2.05. The predicted octanol–water partition coefficient (Wildman–Crippen LogP) is 1.29. The first-order chi connectivity index (χ1) is 5.88. The molecule has 0 aromatic heterocycles. The number of hydrogen-bond donors (Lipinski definition) is 2. The van der Waals surface area contributed by atoms with Crippen LogP contribution in [-0.2, 0) is 10.0 Å². The number of nitrogens with one attached hydrogen (secondary N) is 1. The second-order valence-corrected chi connectivity index (χ2v) is 4.77. The molecule has 1 rings (SSSR count). The van der Waals surface area contributed by atoms with Gasteiger partial charge in [0.1, 0.15) is 0 Å². The molecular formula is C7H9ClN2O2S. The molecule has 1 aromatic rings. The van der Waals surface area contributed by atoms with E-state index in [1.54, 1.807) is 6.07 Å². The van der Waals surface area contributed by atoms with Gasteiger partial charge in [0.25, 0.3) is 0 Å². The van der Waals surface area contributed by atoms with Crippen molar-refractivity contribution < 1.29 is 8.42 Å². The summed E-state index contributed by atoms with van der Waals surface area (Å²) in [5.74, 6) is 0. The third-order valence-corrected chi connectivity index (χ3v) is 2.19. The van der Waals surface area contributed by atoms with Crippen molar-refractivity contribution in [2.45, 2.75) is 0 Å². The van der Waals surface area contributed by atoms with Crippen LogP contribution in [0.3, 0.4) is 0 Å². The first kappa shape index (κ1) is 10.1. The van der Waals surface area contributed by atoms with Crippen LogP contribution in [-0.4, -0.2) is 14.7 Å². The zero-order chi connectivity index (χ0) is 10.1. The Balaban J connectivity index is 3.04. The highest BCUT2D eigenvalue weighted by Crippen LogP contribution is 2.24. The molecule has 3 N–H and O–H groups in total. The van der Waals surface area contributed by atoms with Gasteiger partial charge in [-0.2, -0.15) is 0 Å². The highest BCUT2D eigenvalue weighted by atomic mass is 35.5. The maximum Gasteiger partial charge on any atom is 0.229 e. The Hall–Kier alpha value is -0.940. The molecule has 0 radical (unpaired) electrons. The van der Waals surface area contributed by atoms with Crippen molar-refractivity contribution in [2.24, 2.45) is 0 Å². The second-order valence-electron chi connectivity index (χ2n) is 2.61. The van der Waals surface area contributed by atoms with E-state index in [1.165, 1.54) is 12.1 Å². The molecule has 4 nitrogen and oxygen atoms in total. The fraction of sp³-hybridized carbons (Fsp3) is 0.143. The SMILES string of the molecule is CS(=O)(=O)Nc1ccc(N)cc1Cl. The van der Waals surface area contributed by atoms with Crippen molar-refractivity contribution in [1.82, 2.24) is 0 Å². The number of sulfonamides is 1. The molecular weight excluding hydrogens is 212 g/mol. The summed E-state index contributed by atoms with van der Waals surface area (Å²) in [7, 11) is -3.29. The molecule has 0 aliphatic heterocycles. The van der Waals surface area contributed by atoms with Crippen LogP contribution in [0, 0.1) is 0 Å². The maximum absolute atomic E-state index is 10.8. The average molecular weight is 221 g/mol. The van der Waals surface area contributed by atoms with E-state index in [4.69, 9.17) is 17.3 Å². The van der Waals surface area contributed by atoms with Gasteiger partial charge in [-0.05, 0) is 18.2 Å². The Morgan fingerprint density at radius 2 is 2.08 bits per heavy atom. The van der Waals surface area contributed by atoms with Crippen LogP contribution in [0.4, 0.5) is 11.4 Å². The van der Waals surface area contributed by atoms with E-state index in [0.717, 1.165) is 6.26 Å². The van der Waals surface area contributed by atoms with Gasteiger partial charge in [0.05, 0.1) is 17.0 Å². The minimum absolute atomic E-state index is 0.283. The Bertz CT molecular complexity index is 417. The van der Waals surface area contributed by atoms with Gasteiger partial charge in [0.2, 0.25) is 10.0 Å². The van der Waals surface area contributed by atoms with Crippen LogP contribution in [0.2, 0.25) is 5.02 Å². The lowest BCUT2D eigenvalue weighted by Gasteiger charge is -2.05. The van der Waals surface area contributed by atoms with Gasteiger partial charge < -0.3 is 5.73 Å². The van der Waals surface area contributed by atoms with Gasteiger partial charge >= 0.3 is 0 Å². The first-order valence-corrected chi connectivity index (χ1v) is 5.68. The zero-order valence-corrected chi connectivity index (χ0v) is 8.48. The third kappa shape index (κ3) is 3.12. The Labute approximate surface area is 81.8 Å². The van der Waals surface area contributed by atoms with Crippen LogP contribution >= 0.6 is 11.6 Å². The first-order valence-electron chi connectivity index (χ1n) is 3.41. The van der Waals surface area contributed by atoms with Crippen molar-refractivity contribution in [3.8, 4) is 0 Å². The number of hydrogen-bond acceptors (Lipinski definition) is 3. The van der Waals surface area contributed by atoms with E-state index in [0.29, 0.717) is 11.4 Å². The van der Waals surface area contributed by atoms with Crippen molar-refractivity contribution in [1.29, 1.82) is 0 Å². The number of anilines is 2. The van der Waals surface area contributed by atoms with E-state index < -0.39 is 10.0 Å². The van der Waals surface area contributed by atoms with Crippen LogP contribution in [0.1, 0.15) is 0 Å². The van der Waals surface area contributed by atoms with Crippen molar-refractivity contribution in [3.05, 3.63) is 23.2 Å². The summed E-state index contributed by atoms with van der Waals surface area (Å²) in [4.78, 5) is 0. The molecule has 72 valence electrons. The molecule has 0 unspecified atom stereocenters. The quantitative estimate of drug-likeness (QED) is 0.738. The summed E-state index contributed by atoms with van der Waals surface area (Å²) in [5, 5.41) is 0.283. The summed E-state index contributed by atoms with van der Waals surface area (Å²) < 4.78 is 23.9. The Morgan fingerprint density at radius 3 is 2.54 bits per heavy atom. The molecule has 0 saturated heterocycles. The molecule has 0 atom stereocenters. The van der Waals surface area contributed by atoms with Crippen LogP contribution in [0.25, 0.3) is 0 Å². The second kappa shape index (κ2) is 3.43. The minimum Gasteiger partial charge on any atom is -0.399 e. The average Bonchev–Trinajstić information content (AvgIpc) is 1.93. The van der Waals surface area contributed by atoms with E-state index in [9.17, 15) is 8.42 Å². The molecule has 0 aliphatic rings. The molecule has 0 saturated carbocycles. The van der Waals surface area contributed by atoms with Gasteiger partial charge in [0, 0.05) is 5.69 Å². The normalized spacial score (nSPS) is 11.2. The topological polar surface area (TPSA) is 72.2 Å². The van der Waals surface area contributed by atoms with Crippen LogP contribution in [0.15, 0.2) is 18.2 Å². The van der Waals surface area contributed by atoms with Gasteiger partial charge in [0.15, 0.2) is 0 Å². The number of rotatable bonds is 2. The van der Waals surface area contributed by atoms with Gasteiger partial charge in [-0.3, -0.25) is 4.72 Å².